The molecule has 1 aromatic heterocycles. The lowest BCUT2D eigenvalue weighted by molar-refractivity contribution is 0.0948. The van der Waals surface area contributed by atoms with Crippen molar-refractivity contribution in [2.45, 2.75) is 19.3 Å². The van der Waals surface area contributed by atoms with E-state index in [1.807, 2.05) is 30.3 Å². The van der Waals surface area contributed by atoms with Crippen LogP contribution in [0.4, 0.5) is 0 Å². The Morgan fingerprint density at radius 1 is 0.913 bits per heavy atom. The number of carbonyl (C=O) groups excluding carboxylic acids is 1. The predicted molar refractivity (Wildman–Crippen MR) is 91.3 cm³/mol. The smallest absolute Gasteiger partial charge is 0.271 e. The number of benzene rings is 2. The van der Waals surface area contributed by atoms with E-state index in [0.29, 0.717) is 12.2 Å². The fourth-order valence-electron chi connectivity index (χ4n) is 2.46. The number of nitrogens with one attached hydrogen (secondary N) is 1. The first-order valence-corrected chi connectivity index (χ1v) is 7.87. The number of carbonyl (C=O) groups is 1. The Bertz CT molecular complexity index is 787. The second-order valence-electron chi connectivity index (χ2n) is 5.44. The molecule has 0 aliphatic rings. The summed E-state index contributed by atoms with van der Waals surface area (Å²) in [7, 11) is 0. The first-order valence-electron chi connectivity index (χ1n) is 7.87. The van der Waals surface area contributed by atoms with E-state index >= 15 is 0 Å². The highest BCUT2D eigenvalue weighted by Gasteiger charge is 2.08. The minimum absolute atomic E-state index is 0.164. The van der Waals surface area contributed by atoms with Crippen LogP contribution in [0.25, 0.3) is 11.0 Å². The minimum Gasteiger partial charge on any atom is -0.351 e. The summed E-state index contributed by atoms with van der Waals surface area (Å²) in [5, 5.41) is 2.91. The van der Waals surface area contributed by atoms with Gasteiger partial charge in [-0.1, -0.05) is 42.5 Å². The van der Waals surface area contributed by atoms with Crippen molar-refractivity contribution in [2.75, 3.05) is 6.54 Å². The number of amides is 1. The maximum Gasteiger partial charge on any atom is 0.271 e. The van der Waals surface area contributed by atoms with Crippen molar-refractivity contribution in [1.29, 1.82) is 0 Å². The monoisotopic (exact) mass is 305 g/mol. The van der Waals surface area contributed by atoms with Gasteiger partial charge in [-0.05, 0) is 37.0 Å². The number of hydrogen-bond acceptors (Lipinski definition) is 3. The number of fused-ring (bicyclic) bond motifs is 1. The molecular formula is C19H19N3O. The lowest BCUT2D eigenvalue weighted by Gasteiger charge is -2.05. The van der Waals surface area contributed by atoms with Gasteiger partial charge in [-0.3, -0.25) is 9.78 Å². The fraction of sp³-hybridized carbons (Fsp3) is 0.211. The summed E-state index contributed by atoms with van der Waals surface area (Å²) >= 11 is 0. The normalized spacial score (nSPS) is 10.6. The number of nitrogens with zero attached hydrogens (tertiary/aromatic N) is 2. The van der Waals surface area contributed by atoms with E-state index in [2.05, 4.69) is 39.6 Å². The Morgan fingerprint density at radius 3 is 2.48 bits per heavy atom. The molecule has 1 N–H and O–H groups in total. The van der Waals surface area contributed by atoms with E-state index in [9.17, 15) is 4.79 Å². The van der Waals surface area contributed by atoms with Crippen molar-refractivity contribution in [3.05, 3.63) is 72.1 Å². The van der Waals surface area contributed by atoms with Gasteiger partial charge in [0.15, 0.2) is 0 Å². The summed E-state index contributed by atoms with van der Waals surface area (Å²) in [6.07, 6.45) is 4.56. The van der Waals surface area contributed by atoms with Gasteiger partial charge in [0.2, 0.25) is 0 Å². The molecule has 0 saturated carbocycles. The van der Waals surface area contributed by atoms with E-state index in [4.69, 9.17) is 0 Å². The minimum atomic E-state index is -0.164. The second kappa shape index (κ2) is 7.49. The van der Waals surface area contributed by atoms with Gasteiger partial charge in [-0.2, -0.15) is 0 Å². The van der Waals surface area contributed by atoms with Crippen LogP contribution in [0.5, 0.6) is 0 Å². The van der Waals surface area contributed by atoms with Gasteiger partial charge in [0.1, 0.15) is 5.69 Å². The molecule has 1 heterocycles. The van der Waals surface area contributed by atoms with E-state index in [1.54, 1.807) is 0 Å². The molecule has 0 spiro atoms. The van der Waals surface area contributed by atoms with Crippen LogP contribution in [0.2, 0.25) is 0 Å². The quantitative estimate of drug-likeness (QED) is 0.710. The third-order valence-electron chi connectivity index (χ3n) is 3.70. The maximum atomic E-state index is 12.1. The fourth-order valence-corrected chi connectivity index (χ4v) is 2.46. The third kappa shape index (κ3) is 4.13. The van der Waals surface area contributed by atoms with Gasteiger partial charge in [0.25, 0.3) is 5.91 Å². The number of unbranched alkanes of at least 4 members (excludes halogenated alkanes) is 1. The lowest BCUT2D eigenvalue weighted by atomic mass is 10.1. The molecule has 0 unspecified atom stereocenters. The average molecular weight is 305 g/mol. The zero-order valence-electron chi connectivity index (χ0n) is 12.9. The van der Waals surface area contributed by atoms with Gasteiger partial charge < -0.3 is 5.32 Å². The van der Waals surface area contributed by atoms with E-state index in [-0.39, 0.29) is 5.91 Å². The Kier molecular flexibility index (Phi) is 4.94. The molecule has 0 atom stereocenters. The molecule has 0 fully saturated rings. The molecular weight excluding hydrogens is 286 g/mol. The predicted octanol–water partition coefficient (Wildman–Crippen LogP) is 3.38. The summed E-state index contributed by atoms with van der Waals surface area (Å²) < 4.78 is 0. The van der Waals surface area contributed by atoms with Crippen molar-refractivity contribution in [1.82, 2.24) is 15.3 Å². The summed E-state index contributed by atoms with van der Waals surface area (Å²) in [5.41, 5.74) is 3.24. The largest absolute Gasteiger partial charge is 0.351 e. The Morgan fingerprint density at radius 2 is 1.65 bits per heavy atom. The first-order chi connectivity index (χ1) is 11.3. The summed E-state index contributed by atoms with van der Waals surface area (Å²) in [4.78, 5) is 20.7. The van der Waals surface area contributed by atoms with Crippen LogP contribution in [0.15, 0.2) is 60.8 Å². The molecule has 0 radical (unpaired) electrons. The van der Waals surface area contributed by atoms with Gasteiger partial charge in [-0.15, -0.1) is 0 Å². The van der Waals surface area contributed by atoms with Crippen molar-refractivity contribution in [3.8, 4) is 0 Å². The van der Waals surface area contributed by atoms with Crippen LogP contribution in [-0.4, -0.2) is 22.4 Å². The zero-order valence-corrected chi connectivity index (χ0v) is 12.9. The van der Waals surface area contributed by atoms with Gasteiger partial charge in [-0.25, -0.2) is 4.98 Å². The standard InChI is InChI=1S/C19H19N3O/c23-19(18-14-21-16-11-4-5-12-17(16)22-18)20-13-7-6-10-15-8-2-1-3-9-15/h1-5,8-9,11-12,14H,6-7,10,13H2,(H,20,23). The van der Waals surface area contributed by atoms with Crippen LogP contribution >= 0.6 is 0 Å². The SMILES string of the molecule is O=C(NCCCCc1ccccc1)c1cnc2ccccc2n1. The van der Waals surface area contributed by atoms with Gasteiger partial charge in [0, 0.05) is 6.54 Å². The Hall–Kier alpha value is -2.75. The average Bonchev–Trinajstić information content (AvgIpc) is 2.61. The van der Waals surface area contributed by atoms with Crippen molar-refractivity contribution in [2.24, 2.45) is 0 Å². The first kappa shape index (κ1) is 15.2. The van der Waals surface area contributed by atoms with E-state index in [1.165, 1.54) is 11.8 Å². The van der Waals surface area contributed by atoms with Crippen LogP contribution < -0.4 is 5.32 Å². The number of para-hydroxylation sites is 2. The molecule has 0 aliphatic carbocycles. The van der Waals surface area contributed by atoms with Crippen LogP contribution in [0, 0.1) is 0 Å². The summed E-state index contributed by atoms with van der Waals surface area (Å²) in [5.74, 6) is -0.164. The number of aromatic nitrogens is 2. The topological polar surface area (TPSA) is 54.9 Å². The molecule has 2 aromatic carbocycles. The van der Waals surface area contributed by atoms with Gasteiger partial charge >= 0.3 is 0 Å². The lowest BCUT2D eigenvalue weighted by Crippen LogP contribution is -2.25. The molecule has 0 aliphatic heterocycles. The Balaban J connectivity index is 1.47. The number of aryl methyl sites for hydroxylation is 1. The molecule has 3 aromatic rings. The summed E-state index contributed by atoms with van der Waals surface area (Å²) in [6, 6.07) is 17.9. The Labute approximate surface area is 135 Å². The molecule has 116 valence electrons. The molecule has 4 heteroatoms. The van der Waals surface area contributed by atoms with Crippen LogP contribution in [0.1, 0.15) is 28.9 Å². The molecule has 4 nitrogen and oxygen atoms in total. The number of hydrogen-bond donors (Lipinski definition) is 1. The summed E-state index contributed by atoms with van der Waals surface area (Å²) in [6.45, 7) is 0.653. The van der Waals surface area contributed by atoms with Gasteiger partial charge in [0.05, 0.1) is 17.2 Å². The highest BCUT2D eigenvalue weighted by molar-refractivity contribution is 5.93. The van der Waals surface area contributed by atoms with Crippen LogP contribution in [-0.2, 0) is 6.42 Å². The molecule has 1 amide bonds. The molecule has 0 bridgehead atoms. The van der Waals surface area contributed by atoms with Crippen molar-refractivity contribution < 1.29 is 4.79 Å². The molecule has 23 heavy (non-hydrogen) atoms. The van der Waals surface area contributed by atoms with E-state index < -0.39 is 0 Å². The molecule has 0 saturated heterocycles. The maximum absolute atomic E-state index is 12.1. The highest BCUT2D eigenvalue weighted by Crippen LogP contribution is 2.08. The van der Waals surface area contributed by atoms with E-state index in [0.717, 1.165) is 30.3 Å². The molecule has 3 rings (SSSR count). The van der Waals surface area contributed by atoms with Crippen LogP contribution in [0.3, 0.4) is 0 Å². The second-order valence-corrected chi connectivity index (χ2v) is 5.44. The third-order valence-corrected chi connectivity index (χ3v) is 3.70. The zero-order chi connectivity index (χ0) is 15.9. The highest BCUT2D eigenvalue weighted by atomic mass is 16.1. The van der Waals surface area contributed by atoms with Crippen molar-refractivity contribution >= 4 is 16.9 Å². The number of rotatable bonds is 6. The van der Waals surface area contributed by atoms with Crippen molar-refractivity contribution in [3.63, 3.8) is 0 Å².